The van der Waals surface area contributed by atoms with Crippen molar-refractivity contribution >= 4 is 21.3 Å². The second-order valence-corrected chi connectivity index (χ2v) is 6.48. The summed E-state index contributed by atoms with van der Waals surface area (Å²) in [4.78, 5) is 0.212. The fourth-order valence-corrected chi connectivity index (χ4v) is 3.14. The highest BCUT2D eigenvalue weighted by Crippen LogP contribution is 2.14. The maximum absolute atomic E-state index is 11.5. The molecule has 0 aliphatic carbocycles. The molecule has 3 nitrogen and oxygen atoms in total. The first-order valence-corrected chi connectivity index (χ1v) is 7.38. The molecule has 0 atom stereocenters. The summed E-state index contributed by atoms with van der Waals surface area (Å²) in [5, 5.41) is 0. The molecule has 0 spiro atoms. The van der Waals surface area contributed by atoms with E-state index in [1.165, 1.54) is 0 Å². The molecule has 5 heteroatoms. The van der Waals surface area contributed by atoms with Crippen molar-refractivity contribution < 1.29 is 12.0 Å². The third kappa shape index (κ3) is 3.01. The summed E-state index contributed by atoms with van der Waals surface area (Å²) in [5.41, 5.74) is 1.02. The highest BCUT2D eigenvalue weighted by molar-refractivity contribution is 8.02. The van der Waals surface area contributed by atoms with Crippen molar-refractivity contribution in [3.05, 3.63) is 29.8 Å². The van der Waals surface area contributed by atoms with Crippen molar-refractivity contribution in [1.29, 1.82) is 0 Å². The first-order chi connectivity index (χ1) is 6.42. The van der Waals surface area contributed by atoms with Crippen LogP contribution in [0.1, 0.15) is 5.56 Å². The molecule has 1 rings (SSSR count). The molecule has 0 radical (unpaired) electrons. The zero-order valence-corrected chi connectivity index (χ0v) is 9.98. The van der Waals surface area contributed by atoms with Gasteiger partial charge in [-0.2, -0.15) is 8.42 Å². The minimum Gasteiger partial charge on any atom is -0.190 e. The molecule has 0 N–H and O–H groups in total. The van der Waals surface area contributed by atoms with Gasteiger partial charge < -0.3 is 0 Å². The van der Waals surface area contributed by atoms with E-state index in [-0.39, 0.29) is 4.90 Å². The molecule has 0 bridgehead atoms. The lowest BCUT2D eigenvalue weighted by molar-refractivity contribution is 0.514. The number of hydrogen-bond acceptors (Lipinski definition) is 3. The van der Waals surface area contributed by atoms with Crippen LogP contribution in [0.15, 0.2) is 29.2 Å². The van der Waals surface area contributed by atoms with Crippen LogP contribution in [0.5, 0.6) is 0 Å². The smallest absolute Gasteiger partial charge is 0.190 e. The van der Waals surface area contributed by atoms with Crippen LogP contribution >= 0.6 is 0 Å². The largest absolute Gasteiger partial charge is 0.339 e. The van der Waals surface area contributed by atoms with Gasteiger partial charge in [-0.1, -0.05) is 17.7 Å². The normalized spacial score (nSPS) is 12.0. The third-order valence-electron chi connectivity index (χ3n) is 1.54. The fraction of sp³-hybridized carbons (Fsp3) is 0.333. The van der Waals surface area contributed by atoms with Crippen molar-refractivity contribution in [3.8, 4) is 0 Å². The predicted molar refractivity (Wildman–Crippen MR) is 58.7 cm³/mol. The van der Waals surface area contributed by atoms with Crippen molar-refractivity contribution in [1.82, 2.24) is 0 Å². The zero-order chi connectivity index (χ0) is 10.8. The molecule has 78 valence electrons. The SMILES string of the molecule is Cc1ccc(S(=O)(=O)O[S+](C)C)cc1. The molecule has 14 heavy (non-hydrogen) atoms. The lowest BCUT2D eigenvalue weighted by Gasteiger charge is -2.00. The predicted octanol–water partition coefficient (Wildman–Crippen LogP) is 1.49. The number of rotatable bonds is 3. The first-order valence-electron chi connectivity index (χ1n) is 4.01. The van der Waals surface area contributed by atoms with Gasteiger partial charge in [0, 0.05) is 0 Å². The molecule has 0 unspecified atom stereocenters. The number of benzene rings is 1. The molecule has 0 aromatic heterocycles. The van der Waals surface area contributed by atoms with E-state index in [1.54, 1.807) is 36.8 Å². The first kappa shape index (κ1) is 11.6. The second kappa shape index (κ2) is 4.33. The number of hydrogen-bond donors (Lipinski definition) is 0. The Balaban J connectivity index is 2.99. The molecule has 1 aromatic rings. The Bertz CT molecular complexity index is 393. The Morgan fingerprint density at radius 1 is 1.14 bits per heavy atom. The highest BCUT2D eigenvalue weighted by Gasteiger charge is 2.22. The van der Waals surface area contributed by atoms with Crippen molar-refractivity contribution in [2.24, 2.45) is 0 Å². The Labute approximate surface area is 87.8 Å². The van der Waals surface area contributed by atoms with Gasteiger partial charge in [0.15, 0.2) is 11.2 Å². The quantitative estimate of drug-likeness (QED) is 0.743. The summed E-state index contributed by atoms with van der Waals surface area (Å²) in [6, 6.07) is 6.61. The van der Waals surface area contributed by atoms with Crippen LogP contribution in [-0.4, -0.2) is 20.9 Å². The van der Waals surface area contributed by atoms with Crippen LogP contribution in [0.2, 0.25) is 0 Å². The Morgan fingerprint density at radius 3 is 2.07 bits per heavy atom. The Morgan fingerprint density at radius 2 is 1.64 bits per heavy atom. The highest BCUT2D eigenvalue weighted by atomic mass is 32.3. The fourth-order valence-electron chi connectivity index (χ4n) is 0.923. The van der Waals surface area contributed by atoms with Crippen LogP contribution in [0.25, 0.3) is 0 Å². The van der Waals surface area contributed by atoms with Crippen LogP contribution < -0.4 is 0 Å². The van der Waals surface area contributed by atoms with Crippen LogP contribution in [0.3, 0.4) is 0 Å². The maximum Gasteiger partial charge on any atom is 0.339 e. The Hall–Kier alpha value is -0.520. The molecular weight excluding hydrogens is 220 g/mol. The maximum atomic E-state index is 11.5. The number of aryl methyl sites for hydroxylation is 1. The summed E-state index contributed by atoms with van der Waals surface area (Å²) in [7, 11) is -3.56. The Kier molecular flexibility index (Phi) is 3.58. The van der Waals surface area contributed by atoms with Crippen molar-refractivity contribution in [2.45, 2.75) is 11.8 Å². The van der Waals surface area contributed by atoms with E-state index in [0.717, 1.165) is 5.56 Å². The van der Waals surface area contributed by atoms with Gasteiger partial charge in [-0.3, -0.25) is 0 Å². The lowest BCUT2D eigenvalue weighted by atomic mass is 10.2. The summed E-state index contributed by atoms with van der Waals surface area (Å²) in [6.45, 7) is 1.90. The third-order valence-corrected chi connectivity index (χ3v) is 4.19. The molecule has 0 heterocycles. The molecular formula is C9H13O3S2+. The van der Waals surface area contributed by atoms with E-state index < -0.39 is 21.3 Å². The molecule has 0 saturated carbocycles. The van der Waals surface area contributed by atoms with Gasteiger partial charge in [0.1, 0.15) is 12.5 Å². The molecule has 0 saturated heterocycles. The lowest BCUT2D eigenvalue weighted by Crippen LogP contribution is -2.11. The van der Waals surface area contributed by atoms with Gasteiger partial charge in [-0.05, 0) is 22.7 Å². The molecule has 0 amide bonds. The van der Waals surface area contributed by atoms with Crippen molar-refractivity contribution in [2.75, 3.05) is 12.5 Å². The zero-order valence-electron chi connectivity index (χ0n) is 8.35. The average Bonchev–Trinajstić information content (AvgIpc) is 2.02. The standard InChI is InChI=1S/C9H13O3S2/c1-8-4-6-9(7-5-8)14(10,11)12-13(2)3/h4-7H,1-3H3/q+1. The van der Waals surface area contributed by atoms with E-state index >= 15 is 0 Å². The summed E-state index contributed by atoms with van der Waals surface area (Å²) in [6.07, 6.45) is 3.43. The second-order valence-electron chi connectivity index (χ2n) is 3.08. The van der Waals surface area contributed by atoms with E-state index in [0.29, 0.717) is 0 Å². The molecule has 1 aromatic carbocycles. The summed E-state index contributed by atoms with van der Waals surface area (Å²) in [5.74, 6) is 0. The van der Waals surface area contributed by atoms with Crippen LogP contribution in [-0.2, 0) is 24.9 Å². The van der Waals surface area contributed by atoms with Gasteiger partial charge in [-0.25, -0.2) is 0 Å². The topological polar surface area (TPSA) is 43.4 Å². The monoisotopic (exact) mass is 233 g/mol. The van der Waals surface area contributed by atoms with Crippen LogP contribution in [0.4, 0.5) is 0 Å². The van der Waals surface area contributed by atoms with Crippen molar-refractivity contribution in [3.63, 3.8) is 0 Å². The molecule has 0 fully saturated rings. The van der Waals surface area contributed by atoms with E-state index in [1.807, 2.05) is 6.92 Å². The van der Waals surface area contributed by atoms with E-state index in [4.69, 9.17) is 3.63 Å². The van der Waals surface area contributed by atoms with E-state index in [2.05, 4.69) is 0 Å². The minimum atomic E-state index is -3.56. The van der Waals surface area contributed by atoms with Gasteiger partial charge in [0.25, 0.3) is 0 Å². The van der Waals surface area contributed by atoms with Gasteiger partial charge in [-0.15, -0.1) is 0 Å². The van der Waals surface area contributed by atoms with E-state index in [9.17, 15) is 8.42 Å². The van der Waals surface area contributed by atoms with Crippen LogP contribution in [0, 0.1) is 6.92 Å². The minimum absolute atomic E-state index is 0.212. The van der Waals surface area contributed by atoms with Gasteiger partial charge in [0.2, 0.25) is 0 Å². The average molecular weight is 233 g/mol. The summed E-state index contributed by atoms with van der Waals surface area (Å²) >= 11 is -0.579. The van der Waals surface area contributed by atoms with Gasteiger partial charge >= 0.3 is 10.1 Å². The summed E-state index contributed by atoms with van der Waals surface area (Å²) < 4.78 is 27.9. The molecule has 0 aliphatic rings. The van der Waals surface area contributed by atoms with Gasteiger partial charge in [0.05, 0.1) is 4.90 Å². The molecule has 0 aliphatic heterocycles.